The molecule has 0 amide bonds. The average molecular weight is 296 g/mol. The molecule has 8 nitrogen and oxygen atoms in total. The molecule has 0 unspecified atom stereocenters. The second-order valence-corrected chi connectivity index (χ2v) is 5.72. The molecule has 0 aliphatic rings. The molecule has 20 heavy (non-hydrogen) atoms. The molecule has 0 spiro atoms. The zero-order chi connectivity index (χ0) is 14.9. The summed E-state index contributed by atoms with van der Waals surface area (Å²) >= 11 is 0. The largest absolute Gasteiger partial charge is 0.478 e. The highest BCUT2D eigenvalue weighted by Crippen LogP contribution is 2.15. The first kappa shape index (κ1) is 14.0. The Labute approximate surface area is 115 Å². The Morgan fingerprint density at radius 2 is 2.10 bits per heavy atom. The Hall–Kier alpha value is -2.42. The van der Waals surface area contributed by atoms with Gasteiger partial charge >= 0.3 is 5.97 Å². The van der Waals surface area contributed by atoms with Crippen molar-refractivity contribution in [1.29, 1.82) is 0 Å². The molecule has 0 radical (unpaired) electrons. The zero-order valence-corrected chi connectivity index (χ0v) is 11.5. The lowest BCUT2D eigenvalue weighted by atomic mass is 10.3. The predicted octanol–water partition coefficient (Wildman–Crippen LogP) is 0.623. The fraction of sp³-hybridized carbons (Fsp3) is 0.182. The molecule has 0 fully saturated rings. The number of nitrogens with zero attached hydrogens (tertiary/aromatic N) is 3. The van der Waals surface area contributed by atoms with Crippen molar-refractivity contribution in [2.24, 2.45) is 7.05 Å². The first-order valence-electron chi connectivity index (χ1n) is 5.52. The lowest BCUT2D eigenvalue weighted by Crippen LogP contribution is -2.17. The van der Waals surface area contributed by atoms with Crippen molar-refractivity contribution >= 4 is 21.8 Å². The first-order chi connectivity index (χ1) is 9.29. The monoisotopic (exact) mass is 296 g/mol. The standard InChI is InChI=1S/C11H12N4O4S/c1-7-5-9(15(2)13-7)14-20(18,19)10-4-3-8(6-12-10)11(16)17/h3-6,14H,1-2H3,(H,16,17). The molecule has 2 aromatic rings. The number of aromatic nitrogens is 3. The lowest BCUT2D eigenvalue weighted by Gasteiger charge is -2.07. The van der Waals surface area contributed by atoms with Gasteiger partial charge < -0.3 is 5.11 Å². The van der Waals surface area contributed by atoms with Gasteiger partial charge in [0.1, 0.15) is 5.82 Å². The highest BCUT2D eigenvalue weighted by atomic mass is 32.2. The number of sulfonamides is 1. The summed E-state index contributed by atoms with van der Waals surface area (Å²) < 4.78 is 27.9. The Bertz CT molecular complexity index is 749. The SMILES string of the molecule is Cc1cc(NS(=O)(=O)c2ccc(C(=O)O)cn2)n(C)n1. The van der Waals surface area contributed by atoms with Gasteiger partial charge in [0.15, 0.2) is 5.03 Å². The van der Waals surface area contributed by atoms with Gasteiger partial charge in [0.05, 0.1) is 11.3 Å². The maximum atomic E-state index is 12.1. The molecule has 2 N–H and O–H groups in total. The number of hydrogen-bond donors (Lipinski definition) is 2. The van der Waals surface area contributed by atoms with E-state index in [4.69, 9.17) is 5.11 Å². The molecule has 2 aromatic heterocycles. The molecular weight excluding hydrogens is 284 g/mol. The summed E-state index contributed by atoms with van der Waals surface area (Å²) in [6, 6.07) is 3.89. The van der Waals surface area contributed by atoms with E-state index in [1.807, 2.05) is 0 Å². The summed E-state index contributed by atoms with van der Waals surface area (Å²) in [5.41, 5.74) is 0.583. The van der Waals surface area contributed by atoms with Gasteiger partial charge in [-0.15, -0.1) is 0 Å². The summed E-state index contributed by atoms with van der Waals surface area (Å²) in [4.78, 5) is 14.3. The Kier molecular flexibility index (Phi) is 3.45. The highest BCUT2D eigenvalue weighted by molar-refractivity contribution is 7.92. The summed E-state index contributed by atoms with van der Waals surface area (Å²) in [5, 5.41) is 12.5. The average Bonchev–Trinajstić information content (AvgIpc) is 2.67. The maximum Gasteiger partial charge on any atom is 0.337 e. The van der Waals surface area contributed by atoms with Crippen molar-refractivity contribution in [1.82, 2.24) is 14.8 Å². The Morgan fingerprint density at radius 1 is 1.40 bits per heavy atom. The number of carboxylic acid groups (broad SMARTS) is 1. The second kappa shape index (κ2) is 4.93. The highest BCUT2D eigenvalue weighted by Gasteiger charge is 2.18. The van der Waals surface area contributed by atoms with Gasteiger partial charge in [-0.1, -0.05) is 0 Å². The quantitative estimate of drug-likeness (QED) is 0.855. The van der Waals surface area contributed by atoms with Crippen molar-refractivity contribution in [2.75, 3.05) is 4.72 Å². The molecule has 0 saturated carbocycles. The van der Waals surface area contributed by atoms with Crippen molar-refractivity contribution in [3.05, 3.63) is 35.7 Å². The van der Waals surface area contributed by atoms with Crippen LogP contribution < -0.4 is 4.72 Å². The molecular formula is C11H12N4O4S. The molecule has 2 rings (SSSR count). The van der Waals surface area contributed by atoms with Crippen molar-refractivity contribution in [3.8, 4) is 0 Å². The van der Waals surface area contributed by atoms with Crippen LogP contribution >= 0.6 is 0 Å². The number of hydrogen-bond acceptors (Lipinski definition) is 5. The van der Waals surface area contributed by atoms with E-state index in [0.717, 1.165) is 12.3 Å². The van der Waals surface area contributed by atoms with Crippen LogP contribution in [0.25, 0.3) is 0 Å². The van der Waals surface area contributed by atoms with E-state index in [9.17, 15) is 13.2 Å². The fourth-order valence-electron chi connectivity index (χ4n) is 1.56. The number of anilines is 1. The van der Waals surface area contributed by atoms with Gasteiger partial charge in [0.25, 0.3) is 10.0 Å². The molecule has 0 saturated heterocycles. The first-order valence-corrected chi connectivity index (χ1v) is 7.01. The summed E-state index contributed by atoms with van der Waals surface area (Å²) in [5.74, 6) is -0.872. The number of nitrogens with one attached hydrogen (secondary N) is 1. The lowest BCUT2D eigenvalue weighted by molar-refractivity contribution is 0.0696. The van der Waals surface area contributed by atoms with Crippen molar-refractivity contribution in [2.45, 2.75) is 11.9 Å². The van der Waals surface area contributed by atoms with E-state index >= 15 is 0 Å². The fourth-order valence-corrected chi connectivity index (χ4v) is 2.57. The summed E-state index contributed by atoms with van der Waals surface area (Å²) in [6.45, 7) is 1.73. The normalized spacial score (nSPS) is 11.3. The Morgan fingerprint density at radius 3 is 2.55 bits per heavy atom. The Balaban J connectivity index is 2.30. The van der Waals surface area contributed by atoms with Crippen LogP contribution in [-0.4, -0.2) is 34.3 Å². The van der Waals surface area contributed by atoms with Crippen LogP contribution in [0.15, 0.2) is 29.4 Å². The number of rotatable bonds is 4. The molecule has 0 aliphatic carbocycles. The second-order valence-electron chi connectivity index (χ2n) is 4.09. The van der Waals surface area contributed by atoms with Gasteiger partial charge in [-0.25, -0.2) is 9.78 Å². The number of pyridine rings is 1. The third-order valence-corrected chi connectivity index (χ3v) is 3.77. The van der Waals surface area contributed by atoms with Crippen molar-refractivity contribution < 1.29 is 18.3 Å². The number of carbonyl (C=O) groups is 1. The van der Waals surface area contributed by atoms with E-state index in [1.54, 1.807) is 20.0 Å². The molecule has 9 heteroatoms. The topological polar surface area (TPSA) is 114 Å². The summed E-state index contributed by atoms with van der Waals surface area (Å²) in [7, 11) is -2.28. The summed E-state index contributed by atoms with van der Waals surface area (Å²) in [6.07, 6.45) is 0.991. The van der Waals surface area contributed by atoms with Crippen LogP contribution in [0.2, 0.25) is 0 Å². The molecule has 0 bridgehead atoms. The van der Waals surface area contributed by atoms with Crippen LogP contribution in [0.1, 0.15) is 16.1 Å². The predicted molar refractivity (Wildman–Crippen MR) is 69.9 cm³/mol. The van der Waals surface area contributed by atoms with E-state index in [0.29, 0.717) is 11.5 Å². The molecule has 0 aromatic carbocycles. The minimum Gasteiger partial charge on any atom is -0.478 e. The van der Waals surface area contributed by atoms with Crippen LogP contribution in [0.3, 0.4) is 0 Å². The van der Waals surface area contributed by atoms with Gasteiger partial charge in [-0.2, -0.15) is 13.5 Å². The minimum absolute atomic E-state index is 0.0830. The van der Waals surface area contributed by atoms with Gasteiger partial charge in [0, 0.05) is 19.3 Å². The van der Waals surface area contributed by atoms with E-state index in [2.05, 4.69) is 14.8 Å². The zero-order valence-electron chi connectivity index (χ0n) is 10.7. The number of aryl methyl sites for hydroxylation is 2. The van der Waals surface area contributed by atoms with Crippen LogP contribution in [0.4, 0.5) is 5.82 Å². The third-order valence-electron chi connectivity index (χ3n) is 2.50. The van der Waals surface area contributed by atoms with Crippen molar-refractivity contribution in [3.63, 3.8) is 0 Å². The molecule has 106 valence electrons. The van der Waals surface area contributed by atoms with Gasteiger partial charge in [0.2, 0.25) is 0 Å². The number of carboxylic acids is 1. The van der Waals surface area contributed by atoms with E-state index in [-0.39, 0.29) is 10.6 Å². The van der Waals surface area contributed by atoms with Crippen LogP contribution in [0.5, 0.6) is 0 Å². The smallest absolute Gasteiger partial charge is 0.337 e. The van der Waals surface area contributed by atoms with Gasteiger partial charge in [-0.05, 0) is 19.1 Å². The number of aromatic carboxylic acids is 1. The van der Waals surface area contributed by atoms with Crippen LogP contribution in [0, 0.1) is 6.92 Å². The van der Waals surface area contributed by atoms with Gasteiger partial charge in [-0.3, -0.25) is 9.40 Å². The molecule has 2 heterocycles. The van der Waals surface area contributed by atoms with E-state index in [1.165, 1.54) is 10.7 Å². The van der Waals surface area contributed by atoms with Crippen LogP contribution in [-0.2, 0) is 17.1 Å². The third kappa shape index (κ3) is 2.77. The van der Waals surface area contributed by atoms with E-state index < -0.39 is 16.0 Å². The minimum atomic E-state index is -3.88. The maximum absolute atomic E-state index is 12.1. The molecule has 0 aliphatic heterocycles. The molecule has 0 atom stereocenters.